The minimum atomic E-state index is 1.10. The van der Waals surface area contributed by atoms with Crippen molar-refractivity contribution in [3.05, 3.63) is 35.4 Å². The number of likely N-dealkylation sites (tertiary alicyclic amines) is 1. The van der Waals surface area contributed by atoms with E-state index in [4.69, 9.17) is 0 Å². The molecule has 1 aromatic carbocycles. The van der Waals surface area contributed by atoms with Crippen LogP contribution in [0.15, 0.2) is 24.3 Å². The summed E-state index contributed by atoms with van der Waals surface area (Å²) in [7, 11) is 0. The number of hydrogen-bond donors (Lipinski definition) is 1. The molecule has 0 radical (unpaired) electrons. The van der Waals surface area contributed by atoms with Gasteiger partial charge in [0.25, 0.3) is 0 Å². The zero-order valence-electron chi connectivity index (χ0n) is 10.9. The van der Waals surface area contributed by atoms with Crippen molar-refractivity contribution in [3.8, 4) is 0 Å². The number of nitrogens with one attached hydrogen (secondary N) is 1. The largest absolute Gasteiger partial charge is 0.315 e. The lowest BCUT2D eigenvalue weighted by atomic mass is 10.1. The maximum Gasteiger partial charge on any atom is 0.0107 e. The number of aryl methyl sites for hydroxylation is 1. The molecule has 0 spiro atoms. The maximum atomic E-state index is 3.55. The number of rotatable bonds is 6. The van der Waals surface area contributed by atoms with Gasteiger partial charge >= 0.3 is 0 Å². The molecule has 0 amide bonds. The second-order valence-corrected chi connectivity index (χ2v) is 4.98. The number of hydrogen-bond acceptors (Lipinski definition) is 2. The Hall–Kier alpha value is -0.860. The van der Waals surface area contributed by atoms with Crippen LogP contribution < -0.4 is 5.32 Å². The topological polar surface area (TPSA) is 15.3 Å². The number of nitrogens with zero attached hydrogens (tertiary/aromatic N) is 1. The van der Waals surface area contributed by atoms with Crippen LogP contribution >= 0.6 is 0 Å². The summed E-state index contributed by atoms with van der Waals surface area (Å²) in [4.78, 5) is 2.56. The van der Waals surface area contributed by atoms with Gasteiger partial charge < -0.3 is 10.2 Å². The zero-order chi connectivity index (χ0) is 11.9. The van der Waals surface area contributed by atoms with Gasteiger partial charge in [-0.1, -0.05) is 24.3 Å². The third-order valence-electron chi connectivity index (χ3n) is 3.64. The molecule has 1 aliphatic rings. The lowest BCUT2D eigenvalue weighted by molar-refractivity contribution is 0.336. The van der Waals surface area contributed by atoms with E-state index in [0.29, 0.717) is 0 Å². The zero-order valence-corrected chi connectivity index (χ0v) is 10.9. The highest BCUT2D eigenvalue weighted by Crippen LogP contribution is 2.07. The van der Waals surface area contributed by atoms with E-state index in [0.717, 1.165) is 19.5 Å². The van der Waals surface area contributed by atoms with E-state index < -0.39 is 0 Å². The summed E-state index contributed by atoms with van der Waals surface area (Å²) >= 11 is 0. The molecule has 2 heteroatoms. The third kappa shape index (κ3) is 4.14. The van der Waals surface area contributed by atoms with Crippen molar-refractivity contribution in [2.75, 3.05) is 32.7 Å². The molecular weight excluding hydrogens is 208 g/mol. The van der Waals surface area contributed by atoms with Crippen LogP contribution in [0.2, 0.25) is 0 Å². The van der Waals surface area contributed by atoms with E-state index in [1.807, 2.05) is 0 Å². The van der Waals surface area contributed by atoms with Gasteiger partial charge in [-0.15, -0.1) is 0 Å². The third-order valence-corrected chi connectivity index (χ3v) is 3.64. The molecule has 1 N–H and O–H groups in total. The van der Waals surface area contributed by atoms with Crippen molar-refractivity contribution in [1.29, 1.82) is 0 Å². The molecule has 1 heterocycles. The minimum Gasteiger partial charge on any atom is -0.315 e. The molecule has 94 valence electrons. The summed E-state index contributed by atoms with van der Waals surface area (Å²) in [6.07, 6.45) is 3.93. The lowest BCUT2D eigenvalue weighted by Gasteiger charge is -2.14. The Bertz CT molecular complexity index is 329. The molecule has 1 aliphatic heterocycles. The molecule has 0 atom stereocenters. The van der Waals surface area contributed by atoms with E-state index in [-0.39, 0.29) is 0 Å². The standard InChI is InChI=1S/C15H24N2/c1-14-6-2-3-7-15(14)8-9-16-10-13-17-11-4-5-12-17/h2-3,6-7,16H,4-5,8-13H2,1H3. The summed E-state index contributed by atoms with van der Waals surface area (Å²) < 4.78 is 0. The fourth-order valence-corrected chi connectivity index (χ4v) is 2.48. The number of benzene rings is 1. The van der Waals surface area contributed by atoms with Crippen LogP contribution in [0.3, 0.4) is 0 Å². The van der Waals surface area contributed by atoms with Crippen LogP contribution in [0.4, 0.5) is 0 Å². The van der Waals surface area contributed by atoms with Gasteiger partial charge in [-0.25, -0.2) is 0 Å². The lowest BCUT2D eigenvalue weighted by Crippen LogP contribution is -2.30. The Kier molecular flexibility index (Phi) is 5.02. The maximum absolute atomic E-state index is 3.55. The monoisotopic (exact) mass is 232 g/mol. The summed E-state index contributed by atoms with van der Waals surface area (Å²) in [6.45, 7) is 8.25. The molecule has 0 unspecified atom stereocenters. The van der Waals surface area contributed by atoms with Crippen molar-refractivity contribution >= 4 is 0 Å². The summed E-state index contributed by atoms with van der Waals surface area (Å²) in [5.41, 5.74) is 2.88. The minimum absolute atomic E-state index is 1.10. The molecule has 2 rings (SSSR count). The van der Waals surface area contributed by atoms with Gasteiger partial charge in [0.1, 0.15) is 0 Å². The SMILES string of the molecule is Cc1ccccc1CCNCCN1CCCC1. The second-order valence-electron chi connectivity index (χ2n) is 4.98. The van der Waals surface area contributed by atoms with Crippen LogP contribution in [0.5, 0.6) is 0 Å². The molecule has 2 nitrogen and oxygen atoms in total. The Balaban J connectivity index is 1.58. The van der Waals surface area contributed by atoms with E-state index >= 15 is 0 Å². The van der Waals surface area contributed by atoms with E-state index in [1.165, 1.54) is 43.6 Å². The van der Waals surface area contributed by atoms with Crippen molar-refractivity contribution in [2.45, 2.75) is 26.2 Å². The van der Waals surface area contributed by atoms with Gasteiger partial charge in [-0.2, -0.15) is 0 Å². The van der Waals surface area contributed by atoms with Gasteiger partial charge in [-0.3, -0.25) is 0 Å². The highest BCUT2D eigenvalue weighted by molar-refractivity contribution is 5.25. The Morgan fingerprint density at radius 1 is 1.12 bits per heavy atom. The van der Waals surface area contributed by atoms with Gasteiger partial charge in [0.05, 0.1) is 0 Å². The van der Waals surface area contributed by atoms with E-state index in [2.05, 4.69) is 41.4 Å². The van der Waals surface area contributed by atoms with Gasteiger partial charge in [-0.05, 0) is 56.9 Å². The fourth-order valence-electron chi connectivity index (χ4n) is 2.48. The highest BCUT2D eigenvalue weighted by Gasteiger charge is 2.09. The van der Waals surface area contributed by atoms with Gasteiger partial charge in [0.15, 0.2) is 0 Å². The molecule has 1 saturated heterocycles. The van der Waals surface area contributed by atoms with Crippen molar-refractivity contribution in [1.82, 2.24) is 10.2 Å². The first kappa shape index (κ1) is 12.6. The summed E-state index contributed by atoms with van der Waals surface area (Å²) in [5.74, 6) is 0. The molecule has 0 aliphatic carbocycles. The first-order valence-electron chi connectivity index (χ1n) is 6.84. The average Bonchev–Trinajstić information content (AvgIpc) is 2.84. The average molecular weight is 232 g/mol. The molecule has 17 heavy (non-hydrogen) atoms. The van der Waals surface area contributed by atoms with Crippen molar-refractivity contribution in [3.63, 3.8) is 0 Å². The predicted octanol–water partition coefficient (Wildman–Crippen LogP) is 2.22. The Morgan fingerprint density at radius 3 is 2.65 bits per heavy atom. The normalized spacial score (nSPS) is 16.5. The fraction of sp³-hybridized carbons (Fsp3) is 0.600. The quantitative estimate of drug-likeness (QED) is 0.757. The Morgan fingerprint density at radius 2 is 1.88 bits per heavy atom. The second kappa shape index (κ2) is 6.77. The van der Waals surface area contributed by atoms with Crippen molar-refractivity contribution in [2.24, 2.45) is 0 Å². The van der Waals surface area contributed by atoms with Crippen LogP contribution in [-0.4, -0.2) is 37.6 Å². The van der Waals surface area contributed by atoms with E-state index in [1.54, 1.807) is 0 Å². The van der Waals surface area contributed by atoms with E-state index in [9.17, 15) is 0 Å². The van der Waals surface area contributed by atoms with Crippen LogP contribution in [-0.2, 0) is 6.42 Å². The van der Waals surface area contributed by atoms with Gasteiger partial charge in [0.2, 0.25) is 0 Å². The van der Waals surface area contributed by atoms with Crippen LogP contribution in [0.1, 0.15) is 24.0 Å². The smallest absolute Gasteiger partial charge is 0.0107 e. The molecule has 0 bridgehead atoms. The molecular formula is C15H24N2. The molecule has 0 saturated carbocycles. The van der Waals surface area contributed by atoms with Crippen LogP contribution in [0.25, 0.3) is 0 Å². The first-order chi connectivity index (χ1) is 8.36. The Labute approximate surface area is 105 Å². The summed E-state index contributed by atoms with van der Waals surface area (Å²) in [6, 6.07) is 8.67. The molecule has 1 aromatic rings. The molecule has 0 aromatic heterocycles. The molecule has 1 fully saturated rings. The van der Waals surface area contributed by atoms with Crippen molar-refractivity contribution < 1.29 is 0 Å². The summed E-state index contributed by atoms with van der Waals surface area (Å²) in [5, 5.41) is 3.55. The van der Waals surface area contributed by atoms with Crippen LogP contribution in [0, 0.1) is 6.92 Å². The first-order valence-corrected chi connectivity index (χ1v) is 6.84. The highest BCUT2D eigenvalue weighted by atomic mass is 15.1. The van der Waals surface area contributed by atoms with Gasteiger partial charge in [0, 0.05) is 13.1 Å². The predicted molar refractivity (Wildman–Crippen MR) is 73.4 cm³/mol.